The molecule has 0 aliphatic carbocycles. The first-order valence-electron chi connectivity index (χ1n) is 13.4. The number of thiazole rings is 2. The van der Waals surface area contributed by atoms with Gasteiger partial charge >= 0.3 is 0 Å². The Bertz CT molecular complexity index is 1590. The van der Waals surface area contributed by atoms with E-state index in [1.807, 2.05) is 76.2 Å². The van der Waals surface area contributed by atoms with Crippen LogP contribution in [0.25, 0.3) is 22.5 Å². The molecule has 0 fully saturated rings. The Morgan fingerprint density at radius 1 is 0.643 bits per heavy atom. The number of carbonyl (C=O) groups excluding carboxylic acids is 2. The van der Waals surface area contributed by atoms with E-state index in [4.69, 9.17) is 9.47 Å². The van der Waals surface area contributed by atoms with Crippen molar-refractivity contribution in [3.05, 3.63) is 87.9 Å². The Balaban J connectivity index is 1.26. The summed E-state index contributed by atoms with van der Waals surface area (Å²) in [7, 11) is 0. The van der Waals surface area contributed by atoms with Crippen LogP contribution in [0.3, 0.4) is 0 Å². The minimum atomic E-state index is -0.459. The maximum atomic E-state index is 13.0. The highest BCUT2D eigenvalue weighted by Crippen LogP contribution is 2.33. The van der Waals surface area contributed by atoms with Crippen LogP contribution >= 0.6 is 22.7 Å². The van der Waals surface area contributed by atoms with Crippen molar-refractivity contribution in [1.29, 1.82) is 0 Å². The number of pyridine rings is 1. The number of aromatic nitrogens is 3. The molecule has 3 heterocycles. The van der Waals surface area contributed by atoms with Crippen LogP contribution in [-0.2, 0) is 0 Å². The summed E-state index contributed by atoms with van der Waals surface area (Å²) >= 11 is 2.74. The summed E-state index contributed by atoms with van der Waals surface area (Å²) in [6, 6.07) is 20.0. The number of rotatable bonds is 10. The lowest BCUT2D eigenvalue weighted by Crippen LogP contribution is -2.18. The average molecular weight is 600 g/mol. The second-order valence-corrected chi connectivity index (χ2v) is 11.5. The molecule has 214 valence electrons. The first kappa shape index (κ1) is 28.9. The number of hydrogen-bond acceptors (Lipinski definition) is 9. The van der Waals surface area contributed by atoms with Crippen molar-refractivity contribution in [2.45, 2.75) is 27.7 Å². The Labute approximate surface area is 251 Å². The van der Waals surface area contributed by atoms with Crippen molar-refractivity contribution in [3.8, 4) is 34.0 Å². The molecule has 0 aliphatic heterocycles. The van der Waals surface area contributed by atoms with Crippen LogP contribution < -0.4 is 20.1 Å². The van der Waals surface area contributed by atoms with Crippen molar-refractivity contribution in [2.24, 2.45) is 0 Å². The smallest absolute Gasteiger partial charge is 0.276 e. The summed E-state index contributed by atoms with van der Waals surface area (Å²) in [6.07, 6.45) is 0. The monoisotopic (exact) mass is 599 g/mol. The van der Waals surface area contributed by atoms with Crippen molar-refractivity contribution in [3.63, 3.8) is 0 Å². The van der Waals surface area contributed by atoms with Gasteiger partial charge in [0.25, 0.3) is 11.8 Å². The molecule has 0 atom stereocenters. The van der Waals surface area contributed by atoms with Crippen molar-refractivity contribution < 1.29 is 19.1 Å². The average Bonchev–Trinajstić information content (AvgIpc) is 3.55. The maximum absolute atomic E-state index is 13.0. The third kappa shape index (κ3) is 6.64. The standard InChI is InChI=1S/C31H29N5O4S2/c1-5-39-22-14-10-20(11-15-22)26-18(3)41-30(33-26)35-28(37)24-8-7-9-25(32-24)29(38)36-31-34-27(19(4)42-31)21-12-16-23(17-13-21)40-6-2/h7-17H,5-6H2,1-4H3,(H,33,35,37)(H,34,36,38). The van der Waals surface area contributed by atoms with Gasteiger partial charge in [0.15, 0.2) is 10.3 Å². The van der Waals surface area contributed by atoms with Crippen molar-refractivity contribution >= 4 is 44.8 Å². The summed E-state index contributed by atoms with van der Waals surface area (Å²) < 4.78 is 11.0. The van der Waals surface area contributed by atoms with Crippen LogP contribution in [0.1, 0.15) is 44.6 Å². The fourth-order valence-corrected chi connectivity index (χ4v) is 5.86. The summed E-state index contributed by atoms with van der Waals surface area (Å²) in [5.41, 5.74) is 3.61. The van der Waals surface area contributed by atoms with Gasteiger partial charge in [-0.1, -0.05) is 6.07 Å². The van der Waals surface area contributed by atoms with Gasteiger partial charge in [-0.05, 0) is 88.4 Å². The summed E-state index contributed by atoms with van der Waals surface area (Å²) in [5.74, 6) is 0.658. The largest absolute Gasteiger partial charge is 0.494 e. The van der Waals surface area contributed by atoms with Crippen LogP contribution in [0.5, 0.6) is 11.5 Å². The molecule has 2 N–H and O–H groups in total. The van der Waals surface area contributed by atoms with E-state index in [1.165, 1.54) is 22.7 Å². The van der Waals surface area contributed by atoms with Gasteiger partial charge in [-0.3, -0.25) is 20.2 Å². The summed E-state index contributed by atoms with van der Waals surface area (Å²) in [4.78, 5) is 41.5. The zero-order valence-electron chi connectivity index (χ0n) is 23.6. The van der Waals surface area contributed by atoms with Crippen LogP contribution in [0.4, 0.5) is 10.3 Å². The van der Waals surface area contributed by atoms with E-state index in [0.29, 0.717) is 23.5 Å². The third-order valence-electron chi connectivity index (χ3n) is 6.13. The lowest BCUT2D eigenvalue weighted by Gasteiger charge is -2.05. The number of amides is 2. The predicted octanol–water partition coefficient (Wildman–Crippen LogP) is 7.25. The van der Waals surface area contributed by atoms with E-state index in [1.54, 1.807) is 18.2 Å². The van der Waals surface area contributed by atoms with E-state index in [9.17, 15) is 9.59 Å². The Morgan fingerprint density at radius 3 is 1.43 bits per heavy atom. The van der Waals surface area contributed by atoms with Gasteiger partial charge in [0, 0.05) is 20.9 Å². The number of hydrogen-bond donors (Lipinski definition) is 2. The number of benzene rings is 2. The molecule has 0 saturated carbocycles. The summed E-state index contributed by atoms with van der Waals surface area (Å²) in [6.45, 7) is 8.96. The number of ether oxygens (including phenoxy) is 2. The van der Waals surface area contributed by atoms with E-state index in [0.717, 1.165) is 43.8 Å². The van der Waals surface area contributed by atoms with Gasteiger partial charge in [0.1, 0.15) is 22.9 Å². The zero-order valence-corrected chi connectivity index (χ0v) is 25.2. The van der Waals surface area contributed by atoms with Crippen LogP contribution in [0.15, 0.2) is 66.7 Å². The molecule has 2 amide bonds. The highest BCUT2D eigenvalue weighted by molar-refractivity contribution is 7.16. The fraction of sp³-hybridized carbons (Fsp3) is 0.194. The first-order valence-corrected chi connectivity index (χ1v) is 15.0. The number of aryl methyl sites for hydroxylation is 2. The number of carbonyl (C=O) groups is 2. The molecule has 0 aliphatic rings. The van der Waals surface area contributed by atoms with Crippen LogP contribution in [0.2, 0.25) is 0 Å². The highest BCUT2D eigenvalue weighted by atomic mass is 32.1. The topological polar surface area (TPSA) is 115 Å². The second kappa shape index (κ2) is 12.9. The normalized spacial score (nSPS) is 10.8. The SMILES string of the molecule is CCOc1ccc(-c2nc(NC(=O)c3cccc(C(=O)Nc4nc(-c5ccc(OCC)cc5)c(C)s4)n3)sc2C)cc1. The first-order chi connectivity index (χ1) is 20.3. The summed E-state index contributed by atoms with van der Waals surface area (Å²) in [5, 5.41) is 6.50. The van der Waals surface area contributed by atoms with E-state index >= 15 is 0 Å². The van der Waals surface area contributed by atoms with Gasteiger partial charge in [-0.15, -0.1) is 22.7 Å². The Morgan fingerprint density at radius 2 is 1.05 bits per heavy atom. The highest BCUT2D eigenvalue weighted by Gasteiger charge is 2.18. The number of nitrogens with zero attached hydrogens (tertiary/aromatic N) is 3. The molecule has 3 aromatic heterocycles. The van der Waals surface area contributed by atoms with Crippen molar-refractivity contribution in [2.75, 3.05) is 23.8 Å². The minimum Gasteiger partial charge on any atom is -0.494 e. The van der Waals surface area contributed by atoms with E-state index in [-0.39, 0.29) is 11.4 Å². The molecule has 11 heteroatoms. The Hall–Kier alpha value is -4.61. The lowest BCUT2D eigenvalue weighted by molar-refractivity contribution is 0.101. The third-order valence-corrected chi connectivity index (χ3v) is 7.90. The van der Waals surface area contributed by atoms with E-state index in [2.05, 4.69) is 25.6 Å². The van der Waals surface area contributed by atoms with Gasteiger partial charge in [-0.2, -0.15) is 0 Å². The number of anilines is 2. The lowest BCUT2D eigenvalue weighted by atomic mass is 10.1. The van der Waals surface area contributed by atoms with Gasteiger partial charge in [-0.25, -0.2) is 15.0 Å². The molecule has 9 nitrogen and oxygen atoms in total. The van der Waals surface area contributed by atoms with Crippen molar-refractivity contribution in [1.82, 2.24) is 15.0 Å². The quantitative estimate of drug-likeness (QED) is 0.174. The molecule has 0 unspecified atom stereocenters. The van der Waals surface area contributed by atoms with Crippen LogP contribution in [0, 0.1) is 13.8 Å². The Kier molecular flexibility index (Phi) is 8.89. The second-order valence-electron chi connectivity index (χ2n) is 9.08. The predicted molar refractivity (Wildman–Crippen MR) is 167 cm³/mol. The number of nitrogens with one attached hydrogen (secondary N) is 2. The molecule has 2 aromatic carbocycles. The van der Waals surface area contributed by atoms with Gasteiger partial charge < -0.3 is 9.47 Å². The van der Waals surface area contributed by atoms with Gasteiger partial charge in [0.05, 0.1) is 24.6 Å². The molecular formula is C31H29N5O4S2. The molecule has 0 spiro atoms. The molecule has 0 radical (unpaired) electrons. The minimum absolute atomic E-state index is 0.100. The molecule has 5 rings (SSSR count). The maximum Gasteiger partial charge on any atom is 0.276 e. The molecule has 42 heavy (non-hydrogen) atoms. The fourth-order valence-electron chi connectivity index (χ4n) is 4.20. The molecule has 5 aromatic rings. The van der Waals surface area contributed by atoms with Gasteiger partial charge in [0.2, 0.25) is 0 Å². The zero-order chi connectivity index (χ0) is 29.6. The molecule has 0 bridgehead atoms. The van der Waals surface area contributed by atoms with Crippen LogP contribution in [-0.4, -0.2) is 40.0 Å². The molecule has 0 saturated heterocycles. The molecular weight excluding hydrogens is 571 g/mol. The van der Waals surface area contributed by atoms with E-state index < -0.39 is 11.8 Å².